The molecule has 1 heterocycles. The lowest BCUT2D eigenvalue weighted by atomic mass is 10.2. The third kappa shape index (κ3) is 1.02. The van der Waals surface area contributed by atoms with Crippen LogP contribution in [0.2, 0.25) is 0 Å². The first kappa shape index (κ1) is 7.62. The van der Waals surface area contributed by atoms with E-state index in [1.165, 1.54) is 10.0 Å². The lowest BCUT2D eigenvalue weighted by Crippen LogP contribution is -2.32. The predicted octanol–water partition coefficient (Wildman–Crippen LogP) is 0.861. The third-order valence-corrected chi connectivity index (χ3v) is 2.03. The van der Waals surface area contributed by atoms with Crippen LogP contribution in [0, 0.1) is 11.5 Å². The molecule has 0 radical (unpaired) electrons. The van der Waals surface area contributed by atoms with Crippen LogP contribution < -0.4 is 5.01 Å². The number of amides is 1. The van der Waals surface area contributed by atoms with Crippen molar-refractivity contribution >= 4 is 12.1 Å². The number of carbonyl (C=O) groups is 1. The normalized spacial score (nSPS) is 13.8. The van der Waals surface area contributed by atoms with E-state index < -0.39 is 0 Å². The number of hydrazine groups is 1. The van der Waals surface area contributed by atoms with Gasteiger partial charge in [0, 0.05) is 5.56 Å². The summed E-state index contributed by atoms with van der Waals surface area (Å²) >= 11 is 0. The topological polar surface area (TPSA) is 47.3 Å². The lowest BCUT2D eigenvalue weighted by molar-refractivity contribution is -0.118. The van der Waals surface area contributed by atoms with Crippen LogP contribution in [0.15, 0.2) is 24.3 Å². The number of anilines is 1. The minimum atomic E-state index is 0.479. The number of hydrogen-bond acceptors (Lipinski definition) is 3. The smallest absolute Gasteiger partial charge is 0.229 e. The average molecular weight is 173 g/mol. The van der Waals surface area contributed by atoms with Gasteiger partial charge in [-0.05, 0) is 6.07 Å². The maximum atomic E-state index is 10.6. The lowest BCUT2D eigenvalue weighted by Gasteiger charge is -2.16. The summed E-state index contributed by atoms with van der Waals surface area (Å²) in [6.45, 7) is 0.479. The molecule has 1 amide bonds. The van der Waals surface area contributed by atoms with Gasteiger partial charge in [0.05, 0.1) is 12.2 Å². The van der Waals surface area contributed by atoms with E-state index in [9.17, 15) is 4.79 Å². The second-order valence-corrected chi connectivity index (χ2v) is 2.74. The summed E-state index contributed by atoms with van der Waals surface area (Å²) in [5.41, 5.74) is 1.79. The third-order valence-electron chi connectivity index (χ3n) is 2.03. The molecule has 0 aromatic heterocycles. The van der Waals surface area contributed by atoms with E-state index in [1.54, 1.807) is 0 Å². The summed E-state index contributed by atoms with van der Waals surface area (Å²) in [6.07, 6.45) is 2.61. The zero-order valence-corrected chi connectivity index (χ0v) is 6.84. The van der Waals surface area contributed by atoms with Crippen LogP contribution in [0.4, 0.5) is 5.69 Å². The van der Waals surface area contributed by atoms with Crippen molar-refractivity contribution in [1.29, 1.82) is 5.26 Å². The summed E-state index contributed by atoms with van der Waals surface area (Å²) < 4.78 is 0. The molecular weight excluding hydrogens is 166 g/mol. The van der Waals surface area contributed by atoms with Gasteiger partial charge in [0.25, 0.3) is 0 Å². The Bertz CT molecular complexity index is 383. The average Bonchev–Trinajstić information content (AvgIpc) is 2.55. The van der Waals surface area contributed by atoms with E-state index in [-0.39, 0.29) is 0 Å². The molecule has 4 nitrogen and oxygen atoms in total. The molecule has 1 aliphatic rings. The fraction of sp³-hybridized carbons (Fsp3) is 0.111. The van der Waals surface area contributed by atoms with Crippen molar-refractivity contribution in [1.82, 2.24) is 5.01 Å². The highest BCUT2D eigenvalue weighted by molar-refractivity contribution is 5.66. The van der Waals surface area contributed by atoms with Gasteiger partial charge in [-0.3, -0.25) is 4.79 Å². The number of fused-ring (bicyclic) bond motifs is 1. The summed E-state index contributed by atoms with van der Waals surface area (Å²) in [7, 11) is 0. The molecule has 0 N–H and O–H groups in total. The van der Waals surface area contributed by atoms with Gasteiger partial charge in [0.15, 0.2) is 0 Å². The Balaban J connectivity index is 2.47. The van der Waals surface area contributed by atoms with Gasteiger partial charge >= 0.3 is 0 Å². The summed E-state index contributed by atoms with van der Waals surface area (Å²) in [6, 6.07) is 7.46. The van der Waals surface area contributed by atoms with Gasteiger partial charge in [-0.25, -0.2) is 5.01 Å². The van der Waals surface area contributed by atoms with Crippen LogP contribution in [0.25, 0.3) is 0 Å². The van der Waals surface area contributed by atoms with E-state index in [0.717, 1.165) is 11.3 Å². The standard InChI is InChI=1S/C9H7N3O/c10-6-12-9-4-2-1-3-8(9)5-11(12)7-13/h1-4,7H,5H2. The molecule has 64 valence electrons. The minimum Gasteiger partial charge on any atom is -0.277 e. The molecule has 2 rings (SSSR count). The summed E-state index contributed by atoms with van der Waals surface area (Å²) in [4.78, 5) is 10.6. The van der Waals surface area contributed by atoms with E-state index >= 15 is 0 Å². The Morgan fingerprint density at radius 3 is 2.92 bits per heavy atom. The van der Waals surface area contributed by atoms with E-state index in [1.807, 2.05) is 30.5 Å². The molecule has 1 aliphatic heterocycles. The van der Waals surface area contributed by atoms with Crippen LogP contribution in [-0.2, 0) is 11.3 Å². The number of carbonyl (C=O) groups excluding carboxylic acids is 1. The monoisotopic (exact) mass is 173 g/mol. The van der Waals surface area contributed by atoms with E-state index in [2.05, 4.69) is 0 Å². The Hall–Kier alpha value is -2.02. The van der Waals surface area contributed by atoms with Crippen LogP contribution in [0.5, 0.6) is 0 Å². The molecule has 0 aliphatic carbocycles. The molecule has 0 fully saturated rings. The van der Waals surface area contributed by atoms with Gasteiger partial charge in [-0.15, -0.1) is 0 Å². The Kier molecular flexibility index (Phi) is 1.64. The molecule has 0 saturated carbocycles. The fourth-order valence-corrected chi connectivity index (χ4v) is 1.43. The van der Waals surface area contributed by atoms with Crippen LogP contribution in [-0.4, -0.2) is 11.4 Å². The van der Waals surface area contributed by atoms with Crippen molar-refractivity contribution in [2.24, 2.45) is 0 Å². The number of nitrogens with zero attached hydrogens (tertiary/aromatic N) is 3. The Labute approximate surface area is 75.6 Å². The number of rotatable bonds is 1. The van der Waals surface area contributed by atoms with Crippen molar-refractivity contribution in [3.8, 4) is 6.19 Å². The largest absolute Gasteiger partial charge is 0.277 e. The summed E-state index contributed by atoms with van der Waals surface area (Å²) in [5.74, 6) is 0. The molecule has 0 atom stereocenters. The second-order valence-electron chi connectivity index (χ2n) is 2.74. The number of para-hydroxylation sites is 1. The Morgan fingerprint density at radius 1 is 1.46 bits per heavy atom. The second kappa shape index (κ2) is 2.79. The molecule has 1 aromatic carbocycles. The molecule has 13 heavy (non-hydrogen) atoms. The summed E-state index contributed by atoms with van der Waals surface area (Å²) in [5, 5.41) is 11.4. The molecule has 1 aromatic rings. The minimum absolute atomic E-state index is 0.479. The highest BCUT2D eigenvalue weighted by Gasteiger charge is 2.25. The maximum Gasteiger partial charge on any atom is 0.229 e. The number of benzene rings is 1. The van der Waals surface area contributed by atoms with Crippen molar-refractivity contribution < 1.29 is 4.79 Å². The molecule has 0 unspecified atom stereocenters. The highest BCUT2D eigenvalue weighted by atomic mass is 16.1. The van der Waals surface area contributed by atoms with Crippen molar-refractivity contribution in [2.75, 3.05) is 5.01 Å². The quantitative estimate of drug-likeness (QED) is 0.467. The van der Waals surface area contributed by atoms with Crippen LogP contribution in [0.3, 0.4) is 0 Å². The maximum absolute atomic E-state index is 10.6. The van der Waals surface area contributed by atoms with E-state index in [0.29, 0.717) is 13.0 Å². The number of hydrogen-bond donors (Lipinski definition) is 0. The first-order valence-electron chi connectivity index (χ1n) is 3.86. The SMILES string of the molecule is N#CN1c2ccccc2CN1C=O. The van der Waals surface area contributed by atoms with Gasteiger partial charge in [0.2, 0.25) is 12.6 Å². The molecular formula is C9H7N3O. The van der Waals surface area contributed by atoms with Crippen molar-refractivity contribution in [2.45, 2.75) is 6.54 Å². The zero-order valence-electron chi connectivity index (χ0n) is 6.84. The predicted molar refractivity (Wildman–Crippen MR) is 46.1 cm³/mol. The van der Waals surface area contributed by atoms with Gasteiger partial charge in [-0.1, -0.05) is 18.2 Å². The molecule has 4 heteroatoms. The van der Waals surface area contributed by atoms with Gasteiger partial charge in [0.1, 0.15) is 0 Å². The van der Waals surface area contributed by atoms with E-state index in [4.69, 9.17) is 5.26 Å². The zero-order chi connectivity index (χ0) is 9.26. The Morgan fingerprint density at radius 2 is 2.23 bits per heavy atom. The van der Waals surface area contributed by atoms with Gasteiger partial charge in [-0.2, -0.15) is 10.3 Å². The molecule has 0 spiro atoms. The molecule has 0 bridgehead atoms. The first-order chi connectivity index (χ1) is 6.36. The number of nitriles is 1. The highest BCUT2D eigenvalue weighted by Crippen LogP contribution is 2.28. The van der Waals surface area contributed by atoms with Crippen molar-refractivity contribution in [3.05, 3.63) is 29.8 Å². The van der Waals surface area contributed by atoms with Crippen LogP contribution >= 0.6 is 0 Å². The molecule has 0 saturated heterocycles. The van der Waals surface area contributed by atoms with Gasteiger partial charge < -0.3 is 0 Å². The van der Waals surface area contributed by atoms with Crippen molar-refractivity contribution in [3.63, 3.8) is 0 Å². The first-order valence-corrected chi connectivity index (χ1v) is 3.86. The van der Waals surface area contributed by atoms with Crippen LogP contribution in [0.1, 0.15) is 5.56 Å². The fourth-order valence-electron chi connectivity index (χ4n) is 1.43.